The highest BCUT2D eigenvalue weighted by molar-refractivity contribution is 7.90. The quantitative estimate of drug-likeness (QED) is 0.677. The minimum absolute atomic E-state index is 0.0214. The van der Waals surface area contributed by atoms with Crippen LogP contribution in [0.5, 0.6) is 0 Å². The fourth-order valence-corrected chi connectivity index (χ4v) is 4.18. The molecule has 0 saturated heterocycles. The average Bonchev–Trinajstić information content (AvgIpc) is 3.07. The topological polar surface area (TPSA) is 85.2 Å². The van der Waals surface area contributed by atoms with Crippen molar-refractivity contribution in [1.29, 1.82) is 0 Å². The molecule has 2 heterocycles. The lowest BCUT2D eigenvalue weighted by Gasteiger charge is -2.33. The standard InChI is InChI=1S/C18H21F3N4O3S/c1-24(12-6-4-3-5-7-12)17-14(11-26)16(18(19,20)21)23-25(17)13-8-9-15(22-10-13)29(2,27)28/h8-12H,3-7H2,1-2H3. The molecule has 1 fully saturated rings. The number of alkyl halides is 3. The molecule has 3 rings (SSSR count). The summed E-state index contributed by atoms with van der Waals surface area (Å²) >= 11 is 0. The molecule has 7 nitrogen and oxygen atoms in total. The predicted octanol–water partition coefficient (Wildman–Crippen LogP) is 3.27. The van der Waals surface area contributed by atoms with E-state index in [-0.39, 0.29) is 28.9 Å². The molecule has 0 amide bonds. The lowest BCUT2D eigenvalue weighted by atomic mass is 9.94. The zero-order chi connectivity index (χ0) is 21.4. The van der Waals surface area contributed by atoms with Crippen LogP contribution in [0.1, 0.15) is 48.2 Å². The van der Waals surface area contributed by atoms with Crippen molar-refractivity contribution in [3.05, 3.63) is 29.6 Å². The van der Waals surface area contributed by atoms with Crippen LogP contribution >= 0.6 is 0 Å². The van der Waals surface area contributed by atoms with Gasteiger partial charge in [0.05, 0.1) is 17.4 Å². The molecule has 2 aromatic heterocycles. The van der Waals surface area contributed by atoms with Crippen molar-refractivity contribution >= 4 is 21.9 Å². The van der Waals surface area contributed by atoms with Crippen LogP contribution in [0.2, 0.25) is 0 Å². The number of nitrogens with zero attached hydrogens (tertiary/aromatic N) is 4. The predicted molar refractivity (Wildman–Crippen MR) is 100 cm³/mol. The first-order valence-corrected chi connectivity index (χ1v) is 11.0. The second-order valence-corrected chi connectivity index (χ2v) is 9.11. The molecule has 0 atom stereocenters. The molecule has 11 heteroatoms. The molecular formula is C18H21F3N4O3S. The molecule has 0 unspecified atom stereocenters. The summed E-state index contributed by atoms with van der Waals surface area (Å²) in [6.45, 7) is 0. The maximum Gasteiger partial charge on any atom is 0.435 e. The number of aromatic nitrogens is 3. The molecule has 0 N–H and O–H groups in total. The SMILES string of the molecule is CN(c1c(C=O)c(C(F)(F)F)nn1-c1ccc(S(C)(=O)=O)nc1)C1CCCCC1. The molecule has 1 aliphatic carbocycles. The first kappa shape index (κ1) is 21.3. The summed E-state index contributed by atoms with van der Waals surface area (Å²) in [6.07, 6.45) is 2.04. The Morgan fingerprint density at radius 1 is 1.21 bits per heavy atom. The Hall–Kier alpha value is -2.43. The molecule has 0 spiro atoms. The highest BCUT2D eigenvalue weighted by Crippen LogP contribution is 2.38. The molecule has 2 aromatic rings. The number of carbonyl (C=O) groups is 1. The highest BCUT2D eigenvalue weighted by Gasteiger charge is 2.41. The van der Waals surface area contributed by atoms with E-state index >= 15 is 0 Å². The van der Waals surface area contributed by atoms with Crippen molar-refractivity contribution in [2.24, 2.45) is 0 Å². The van der Waals surface area contributed by atoms with Crippen LogP contribution < -0.4 is 4.90 Å². The minimum atomic E-state index is -4.82. The molecule has 158 valence electrons. The fourth-order valence-electron chi connectivity index (χ4n) is 3.62. The second kappa shape index (κ2) is 7.77. The first-order valence-electron chi connectivity index (χ1n) is 9.08. The van der Waals surface area contributed by atoms with Crippen molar-refractivity contribution in [3.8, 4) is 5.69 Å². The van der Waals surface area contributed by atoms with Gasteiger partial charge in [0.2, 0.25) is 0 Å². The lowest BCUT2D eigenvalue weighted by molar-refractivity contribution is -0.141. The summed E-state index contributed by atoms with van der Waals surface area (Å²) in [5.74, 6) is 0.0214. The van der Waals surface area contributed by atoms with Gasteiger partial charge in [-0.25, -0.2) is 18.1 Å². The molecule has 0 bridgehead atoms. The smallest absolute Gasteiger partial charge is 0.356 e. The van der Waals surface area contributed by atoms with Crippen LogP contribution in [0.3, 0.4) is 0 Å². The Morgan fingerprint density at radius 3 is 2.34 bits per heavy atom. The Labute approximate surface area is 166 Å². The summed E-state index contributed by atoms with van der Waals surface area (Å²) in [6, 6.07) is 2.50. The number of sulfone groups is 1. The maximum absolute atomic E-state index is 13.5. The van der Waals surface area contributed by atoms with Crippen molar-refractivity contribution < 1.29 is 26.4 Å². The number of rotatable bonds is 5. The third kappa shape index (κ3) is 4.29. The lowest BCUT2D eigenvalue weighted by Crippen LogP contribution is -2.35. The van der Waals surface area contributed by atoms with Crippen molar-refractivity contribution in [1.82, 2.24) is 14.8 Å². The molecule has 0 aliphatic heterocycles. The number of hydrogen-bond acceptors (Lipinski definition) is 6. The monoisotopic (exact) mass is 430 g/mol. The van der Waals surface area contributed by atoms with Gasteiger partial charge in [0, 0.05) is 19.3 Å². The van der Waals surface area contributed by atoms with Crippen LogP contribution in [-0.4, -0.2) is 48.8 Å². The Morgan fingerprint density at radius 2 is 1.86 bits per heavy atom. The van der Waals surface area contributed by atoms with Gasteiger partial charge in [-0.2, -0.15) is 18.3 Å². The van der Waals surface area contributed by atoms with E-state index in [1.54, 1.807) is 11.9 Å². The summed E-state index contributed by atoms with van der Waals surface area (Å²) in [4.78, 5) is 17.1. The number of hydrogen-bond donors (Lipinski definition) is 0. The van der Waals surface area contributed by atoms with Gasteiger partial charge < -0.3 is 4.90 Å². The Bertz CT molecular complexity index is 995. The number of aldehydes is 1. The number of anilines is 1. The van der Waals surface area contributed by atoms with E-state index in [1.807, 2.05) is 0 Å². The number of halogens is 3. The van der Waals surface area contributed by atoms with E-state index < -0.39 is 27.3 Å². The van der Waals surface area contributed by atoms with Crippen LogP contribution in [0, 0.1) is 0 Å². The maximum atomic E-state index is 13.5. The fraction of sp³-hybridized carbons (Fsp3) is 0.500. The minimum Gasteiger partial charge on any atom is -0.356 e. The Kier molecular flexibility index (Phi) is 5.70. The third-order valence-electron chi connectivity index (χ3n) is 5.08. The van der Waals surface area contributed by atoms with Crippen LogP contribution in [0.15, 0.2) is 23.4 Å². The Balaban J connectivity index is 2.17. The zero-order valence-corrected chi connectivity index (χ0v) is 16.8. The van der Waals surface area contributed by atoms with Gasteiger partial charge in [0.25, 0.3) is 0 Å². The van der Waals surface area contributed by atoms with E-state index in [1.165, 1.54) is 12.1 Å². The van der Waals surface area contributed by atoms with Gasteiger partial charge in [0.15, 0.2) is 26.8 Å². The largest absolute Gasteiger partial charge is 0.435 e. The van der Waals surface area contributed by atoms with E-state index in [0.717, 1.165) is 49.2 Å². The van der Waals surface area contributed by atoms with Gasteiger partial charge in [-0.3, -0.25) is 4.79 Å². The molecule has 1 aliphatic rings. The highest BCUT2D eigenvalue weighted by atomic mass is 32.2. The second-order valence-electron chi connectivity index (χ2n) is 7.14. The third-order valence-corrected chi connectivity index (χ3v) is 6.09. The van der Waals surface area contributed by atoms with Crippen molar-refractivity contribution in [3.63, 3.8) is 0 Å². The molecule has 0 radical (unpaired) electrons. The van der Waals surface area contributed by atoms with E-state index in [4.69, 9.17) is 0 Å². The average molecular weight is 430 g/mol. The molecule has 29 heavy (non-hydrogen) atoms. The van der Waals surface area contributed by atoms with E-state index in [2.05, 4.69) is 10.1 Å². The molecular weight excluding hydrogens is 409 g/mol. The number of pyridine rings is 1. The van der Waals surface area contributed by atoms with Gasteiger partial charge >= 0.3 is 6.18 Å². The molecule has 1 saturated carbocycles. The van der Waals surface area contributed by atoms with Gasteiger partial charge in [-0.1, -0.05) is 19.3 Å². The summed E-state index contributed by atoms with van der Waals surface area (Å²) in [7, 11) is -1.92. The summed E-state index contributed by atoms with van der Waals surface area (Å²) in [5, 5.41) is 3.45. The van der Waals surface area contributed by atoms with Crippen molar-refractivity contribution in [2.45, 2.75) is 49.3 Å². The summed E-state index contributed by atoms with van der Waals surface area (Å²) < 4.78 is 64.8. The zero-order valence-electron chi connectivity index (χ0n) is 16.0. The van der Waals surface area contributed by atoms with E-state index in [0.29, 0.717) is 0 Å². The van der Waals surface area contributed by atoms with Gasteiger partial charge in [0.1, 0.15) is 5.82 Å². The first-order chi connectivity index (χ1) is 13.5. The molecule has 0 aromatic carbocycles. The van der Waals surface area contributed by atoms with Crippen LogP contribution in [-0.2, 0) is 16.0 Å². The van der Waals surface area contributed by atoms with Crippen molar-refractivity contribution in [2.75, 3.05) is 18.2 Å². The van der Waals surface area contributed by atoms with E-state index in [9.17, 15) is 26.4 Å². The number of carbonyl (C=O) groups excluding carboxylic acids is 1. The van der Waals surface area contributed by atoms with Gasteiger partial charge in [-0.05, 0) is 25.0 Å². The van der Waals surface area contributed by atoms with Gasteiger partial charge in [-0.15, -0.1) is 0 Å². The normalized spacial score (nSPS) is 16.0. The van der Waals surface area contributed by atoms with Crippen LogP contribution in [0.4, 0.5) is 19.0 Å². The van der Waals surface area contributed by atoms with Crippen LogP contribution in [0.25, 0.3) is 5.69 Å². The summed E-state index contributed by atoms with van der Waals surface area (Å²) in [5.41, 5.74) is -1.69.